The van der Waals surface area contributed by atoms with Crippen LogP contribution in [0.5, 0.6) is 5.75 Å². The lowest BCUT2D eigenvalue weighted by Crippen LogP contribution is -2.06. The number of carbonyl (C=O) groups excluding carboxylic acids is 1. The number of carbonyl (C=O) groups is 1. The van der Waals surface area contributed by atoms with Crippen LogP contribution in [0.1, 0.15) is 15.9 Å². The van der Waals surface area contributed by atoms with E-state index in [0.717, 1.165) is 0 Å². The largest absolute Gasteiger partial charge is 0.497 e. The summed E-state index contributed by atoms with van der Waals surface area (Å²) in [5.41, 5.74) is 7.13. The molecule has 0 atom stereocenters. The van der Waals surface area contributed by atoms with E-state index in [9.17, 15) is 4.79 Å². The zero-order chi connectivity index (χ0) is 14.5. The number of esters is 1. The lowest BCUT2D eigenvalue weighted by Gasteiger charge is -2.08. The molecule has 0 saturated carbocycles. The Morgan fingerprint density at radius 2 is 2.20 bits per heavy atom. The second-order valence-electron chi connectivity index (χ2n) is 4.04. The Morgan fingerprint density at radius 1 is 1.40 bits per heavy atom. The zero-order valence-corrected chi connectivity index (χ0v) is 11.6. The summed E-state index contributed by atoms with van der Waals surface area (Å²) in [4.78, 5) is 15.8. The maximum absolute atomic E-state index is 12.0. The van der Waals surface area contributed by atoms with Gasteiger partial charge >= 0.3 is 5.97 Å². The van der Waals surface area contributed by atoms with Crippen molar-refractivity contribution < 1.29 is 14.3 Å². The molecular weight excluding hydrogens is 280 g/mol. The van der Waals surface area contributed by atoms with Crippen LogP contribution < -0.4 is 10.5 Å². The van der Waals surface area contributed by atoms with E-state index in [4.69, 9.17) is 26.8 Å². The number of hydrogen-bond donors (Lipinski definition) is 1. The molecule has 0 radical (unpaired) electrons. The topological polar surface area (TPSA) is 74.4 Å². The number of nitrogen functional groups attached to an aromatic ring is 1. The highest BCUT2D eigenvalue weighted by molar-refractivity contribution is 6.31. The minimum atomic E-state index is -0.497. The predicted molar refractivity (Wildman–Crippen MR) is 75.8 cm³/mol. The Hall–Kier alpha value is -2.27. The fourth-order valence-corrected chi connectivity index (χ4v) is 1.78. The zero-order valence-electron chi connectivity index (χ0n) is 10.8. The van der Waals surface area contributed by atoms with E-state index in [-0.39, 0.29) is 6.61 Å². The lowest BCUT2D eigenvalue weighted by molar-refractivity contribution is 0.0472. The second-order valence-corrected chi connectivity index (χ2v) is 4.45. The summed E-state index contributed by atoms with van der Waals surface area (Å²) in [6.07, 6.45) is 3.08. The van der Waals surface area contributed by atoms with Crippen molar-refractivity contribution in [1.82, 2.24) is 4.98 Å². The minimum Gasteiger partial charge on any atom is -0.497 e. The minimum absolute atomic E-state index is 0.0668. The Kier molecular flexibility index (Phi) is 4.42. The Balaban J connectivity index is 2.09. The average molecular weight is 293 g/mol. The molecule has 0 spiro atoms. The van der Waals surface area contributed by atoms with Crippen LogP contribution in [0.2, 0.25) is 5.02 Å². The maximum atomic E-state index is 12.0. The standard InChI is InChI=1S/C14H13ClN2O3/c1-19-12-5-10(4-11(16)6-12)14(18)20-8-9-2-3-17-7-13(9)15/h2-7H,8,16H2,1H3. The third-order valence-corrected chi connectivity index (χ3v) is 2.96. The number of ether oxygens (including phenoxy) is 2. The molecule has 0 aliphatic heterocycles. The molecule has 0 bridgehead atoms. The maximum Gasteiger partial charge on any atom is 0.338 e. The smallest absolute Gasteiger partial charge is 0.338 e. The molecule has 2 rings (SSSR count). The summed E-state index contributed by atoms with van der Waals surface area (Å²) in [5, 5.41) is 0.449. The van der Waals surface area contributed by atoms with E-state index < -0.39 is 5.97 Å². The van der Waals surface area contributed by atoms with Gasteiger partial charge in [0.25, 0.3) is 0 Å². The first-order valence-corrected chi connectivity index (χ1v) is 6.18. The number of hydrogen-bond acceptors (Lipinski definition) is 5. The van der Waals surface area contributed by atoms with Gasteiger partial charge in [0.05, 0.1) is 17.7 Å². The first-order valence-electron chi connectivity index (χ1n) is 5.80. The molecule has 0 aliphatic carbocycles. The summed E-state index contributed by atoms with van der Waals surface area (Å²) in [6, 6.07) is 6.40. The van der Waals surface area contributed by atoms with Crippen LogP contribution in [0.25, 0.3) is 0 Å². The highest BCUT2D eigenvalue weighted by atomic mass is 35.5. The van der Waals surface area contributed by atoms with E-state index in [1.807, 2.05) is 0 Å². The van der Waals surface area contributed by atoms with Crippen LogP contribution in [0.3, 0.4) is 0 Å². The number of halogens is 1. The molecule has 0 fully saturated rings. The summed E-state index contributed by atoms with van der Waals surface area (Å²) in [7, 11) is 1.50. The molecule has 0 amide bonds. The summed E-state index contributed by atoms with van der Waals surface area (Å²) >= 11 is 5.93. The molecule has 1 aromatic carbocycles. The van der Waals surface area contributed by atoms with Crippen LogP contribution in [-0.4, -0.2) is 18.1 Å². The highest BCUT2D eigenvalue weighted by Crippen LogP contribution is 2.20. The van der Waals surface area contributed by atoms with Gasteiger partial charge in [-0.3, -0.25) is 4.98 Å². The van der Waals surface area contributed by atoms with Crippen molar-refractivity contribution in [2.45, 2.75) is 6.61 Å². The van der Waals surface area contributed by atoms with E-state index in [0.29, 0.717) is 27.6 Å². The number of methoxy groups -OCH3 is 1. The van der Waals surface area contributed by atoms with E-state index in [1.54, 1.807) is 24.4 Å². The van der Waals surface area contributed by atoms with Gasteiger partial charge in [-0.05, 0) is 18.2 Å². The number of anilines is 1. The van der Waals surface area contributed by atoms with E-state index >= 15 is 0 Å². The van der Waals surface area contributed by atoms with Crippen LogP contribution in [0.15, 0.2) is 36.7 Å². The van der Waals surface area contributed by atoms with Gasteiger partial charge in [0, 0.05) is 29.7 Å². The third kappa shape index (κ3) is 3.39. The van der Waals surface area contributed by atoms with Gasteiger partial charge in [0.15, 0.2) is 0 Å². The molecule has 0 saturated heterocycles. The average Bonchev–Trinajstić information content (AvgIpc) is 2.45. The number of nitrogens with zero attached hydrogens (tertiary/aromatic N) is 1. The molecule has 2 aromatic rings. The van der Waals surface area contributed by atoms with Gasteiger partial charge in [-0.2, -0.15) is 0 Å². The summed E-state index contributed by atoms with van der Waals surface area (Å²) < 4.78 is 10.2. The van der Waals surface area contributed by atoms with Gasteiger partial charge in [0.1, 0.15) is 12.4 Å². The fourth-order valence-electron chi connectivity index (χ4n) is 1.61. The lowest BCUT2D eigenvalue weighted by atomic mass is 10.2. The first kappa shape index (κ1) is 14.1. The summed E-state index contributed by atoms with van der Waals surface area (Å²) in [6.45, 7) is 0.0668. The molecule has 6 heteroatoms. The Morgan fingerprint density at radius 3 is 2.90 bits per heavy atom. The quantitative estimate of drug-likeness (QED) is 0.693. The SMILES string of the molecule is COc1cc(N)cc(C(=O)OCc2ccncc2Cl)c1. The van der Waals surface area contributed by atoms with Crippen molar-refractivity contribution in [1.29, 1.82) is 0 Å². The van der Waals surface area contributed by atoms with Gasteiger partial charge in [-0.15, -0.1) is 0 Å². The van der Waals surface area contributed by atoms with Crippen molar-refractivity contribution in [2.24, 2.45) is 0 Å². The molecule has 0 aliphatic rings. The number of rotatable bonds is 4. The van der Waals surface area contributed by atoms with Gasteiger partial charge in [-0.25, -0.2) is 4.79 Å². The third-order valence-electron chi connectivity index (χ3n) is 2.62. The van der Waals surface area contributed by atoms with Gasteiger partial charge < -0.3 is 15.2 Å². The summed E-state index contributed by atoms with van der Waals surface area (Å²) in [5.74, 6) is 0.00220. The van der Waals surface area contributed by atoms with Crippen molar-refractivity contribution in [3.05, 3.63) is 52.8 Å². The highest BCUT2D eigenvalue weighted by Gasteiger charge is 2.11. The number of nitrogens with two attached hydrogens (primary N) is 1. The van der Waals surface area contributed by atoms with E-state index in [1.165, 1.54) is 19.4 Å². The second kappa shape index (κ2) is 6.25. The molecule has 104 valence electrons. The predicted octanol–water partition coefficient (Wildman–Crippen LogP) is 2.68. The molecule has 1 heterocycles. The van der Waals surface area contributed by atoms with Crippen LogP contribution in [0.4, 0.5) is 5.69 Å². The normalized spacial score (nSPS) is 10.1. The van der Waals surface area contributed by atoms with Crippen molar-refractivity contribution in [2.75, 3.05) is 12.8 Å². The first-order chi connectivity index (χ1) is 9.60. The molecule has 5 nitrogen and oxygen atoms in total. The molecular formula is C14H13ClN2O3. The Bertz CT molecular complexity index is 632. The monoisotopic (exact) mass is 292 g/mol. The fraction of sp³-hybridized carbons (Fsp3) is 0.143. The molecule has 1 aromatic heterocycles. The van der Waals surface area contributed by atoms with Gasteiger partial charge in [0.2, 0.25) is 0 Å². The Labute approximate surface area is 121 Å². The van der Waals surface area contributed by atoms with Crippen molar-refractivity contribution >= 4 is 23.3 Å². The van der Waals surface area contributed by atoms with Gasteiger partial charge in [-0.1, -0.05) is 11.6 Å². The van der Waals surface area contributed by atoms with Crippen LogP contribution >= 0.6 is 11.6 Å². The molecule has 20 heavy (non-hydrogen) atoms. The van der Waals surface area contributed by atoms with Crippen molar-refractivity contribution in [3.63, 3.8) is 0 Å². The molecule has 2 N–H and O–H groups in total. The number of pyridine rings is 1. The number of benzene rings is 1. The van der Waals surface area contributed by atoms with E-state index in [2.05, 4.69) is 4.98 Å². The van der Waals surface area contributed by atoms with Crippen LogP contribution in [0, 0.1) is 0 Å². The molecule has 0 unspecified atom stereocenters. The number of aromatic nitrogens is 1. The van der Waals surface area contributed by atoms with Crippen molar-refractivity contribution in [3.8, 4) is 5.75 Å². The van der Waals surface area contributed by atoms with Crippen LogP contribution in [-0.2, 0) is 11.3 Å².